The molecule has 2 aromatic carbocycles. The van der Waals surface area contributed by atoms with Gasteiger partial charge in [0, 0.05) is 38.3 Å². The van der Waals surface area contributed by atoms with E-state index < -0.39 is 17.7 Å². The van der Waals surface area contributed by atoms with E-state index >= 15 is 0 Å². The van der Waals surface area contributed by atoms with E-state index in [4.69, 9.17) is 9.78 Å². The lowest BCUT2D eigenvalue weighted by Gasteiger charge is -2.37. The predicted octanol–water partition coefficient (Wildman–Crippen LogP) is 1.70. The Morgan fingerprint density at radius 2 is 1.87 bits per heavy atom. The SMILES string of the molecule is N#Cc1ccc(N2CCN(CC(O)Cn3c(-c4ccccc4)noc3=O)CC2)c(F)c1. The Labute approximate surface area is 178 Å². The number of nitrogens with zero attached hydrogens (tertiary/aromatic N) is 5. The van der Waals surface area contributed by atoms with Gasteiger partial charge in [-0.2, -0.15) is 5.26 Å². The molecule has 1 unspecified atom stereocenters. The van der Waals surface area contributed by atoms with Crippen molar-refractivity contribution in [2.75, 3.05) is 37.6 Å². The molecule has 31 heavy (non-hydrogen) atoms. The van der Waals surface area contributed by atoms with E-state index in [-0.39, 0.29) is 6.54 Å². The minimum Gasteiger partial charge on any atom is -0.390 e. The zero-order chi connectivity index (χ0) is 21.8. The van der Waals surface area contributed by atoms with Crippen LogP contribution in [0.5, 0.6) is 0 Å². The van der Waals surface area contributed by atoms with Crippen molar-refractivity contribution in [3.05, 3.63) is 70.5 Å². The molecule has 9 heteroatoms. The molecule has 0 amide bonds. The van der Waals surface area contributed by atoms with E-state index in [1.165, 1.54) is 10.6 Å². The number of piperazine rings is 1. The van der Waals surface area contributed by atoms with Gasteiger partial charge >= 0.3 is 5.76 Å². The molecule has 0 bridgehead atoms. The lowest BCUT2D eigenvalue weighted by atomic mass is 10.1. The molecule has 0 spiro atoms. The van der Waals surface area contributed by atoms with Crippen molar-refractivity contribution in [1.82, 2.24) is 14.6 Å². The highest BCUT2D eigenvalue weighted by Crippen LogP contribution is 2.22. The van der Waals surface area contributed by atoms with Crippen molar-refractivity contribution in [2.45, 2.75) is 12.6 Å². The lowest BCUT2D eigenvalue weighted by Crippen LogP contribution is -2.49. The summed E-state index contributed by atoms with van der Waals surface area (Å²) in [6.07, 6.45) is -0.794. The third-order valence-electron chi connectivity index (χ3n) is 5.37. The van der Waals surface area contributed by atoms with Crippen LogP contribution < -0.4 is 10.7 Å². The summed E-state index contributed by atoms with van der Waals surface area (Å²) in [4.78, 5) is 16.1. The topological polar surface area (TPSA) is 98.5 Å². The van der Waals surface area contributed by atoms with Crippen LogP contribution in [0.1, 0.15) is 5.56 Å². The summed E-state index contributed by atoms with van der Waals surface area (Å²) in [5.41, 5.74) is 1.50. The van der Waals surface area contributed by atoms with Crippen molar-refractivity contribution in [3.8, 4) is 17.5 Å². The van der Waals surface area contributed by atoms with Gasteiger partial charge in [0.05, 0.1) is 30.0 Å². The highest BCUT2D eigenvalue weighted by molar-refractivity contribution is 5.54. The fraction of sp³-hybridized carbons (Fsp3) is 0.318. The molecular formula is C22H22FN5O3. The molecule has 1 N–H and O–H groups in total. The summed E-state index contributed by atoms with van der Waals surface area (Å²) in [6.45, 7) is 2.91. The second-order valence-electron chi connectivity index (χ2n) is 7.47. The smallest absolute Gasteiger partial charge is 0.390 e. The standard InChI is InChI=1S/C22H22FN5O3/c23-19-12-16(13-24)6-7-20(19)27-10-8-26(9-11-27)14-18(29)15-28-21(25-31-22(28)30)17-4-2-1-3-5-17/h1-7,12,18,29H,8-11,14-15H2. The number of β-amino-alcohol motifs (C(OH)–C–C–N with tert-alkyl or cyclic N) is 1. The van der Waals surface area contributed by atoms with Crippen molar-refractivity contribution in [1.29, 1.82) is 5.26 Å². The van der Waals surface area contributed by atoms with E-state index in [0.29, 0.717) is 49.8 Å². The summed E-state index contributed by atoms with van der Waals surface area (Å²) in [7, 11) is 0. The second-order valence-corrected chi connectivity index (χ2v) is 7.47. The Bertz CT molecular complexity index is 1130. The molecular weight excluding hydrogens is 401 g/mol. The number of nitriles is 1. The number of benzene rings is 2. The van der Waals surface area contributed by atoms with E-state index in [1.54, 1.807) is 12.1 Å². The molecule has 0 saturated carbocycles. The third-order valence-corrected chi connectivity index (χ3v) is 5.37. The zero-order valence-corrected chi connectivity index (χ0v) is 16.8. The fourth-order valence-corrected chi connectivity index (χ4v) is 3.79. The van der Waals surface area contributed by atoms with Gasteiger partial charge in [0.15, 0.2) is 5.82 Å². The van der Waals surface area contributed by atoms with Gasteiger partial charge in [-0.1, -0.05) is 35.5 Å². The maximum Gasteiger partial charge on any atom is 0.441 e. The molecule has 160 valence electrons. The van der Waals surface area contributed by atoms with Gasteiger partial charge in [0.25, 0.3) is 0 Å². The van der Waals surface area contributed by atoms with Gasteiger partial charge in [-0.15, -0.1) is 0 Å². The van der Waals surface area contributed by atoms with Crippen LogP contribution in [0.4, 0.5) is 10.1 Å². The van der Waals surface area contributed by atoms with E-state index in [1.807, 2.05) is 41.3 Å². The Balaban J connectivity index is 1.35. The number of halogens is 1. The number of hydrogen-bond acceptors (Lipinski definition) is 7. The number of hydrogen-bond donors (Lipinski definition) is 1. The Hall–Kier alpha value is -3.48. The molecule has 0 aliphatic carbocycles. The quantitative estimate of drug-likeness (QED) is 0.644. The van der Waals surface area contributed by atoms with Crippen LogP contribution in [-0.4, -0.2) is 58.6 Å². The molecule has 1 fully saturated rings. The second kappa shape index (κ2) is 9.12. The van der Waals surface area contributed by atoms with Gasteiger partial charge in [-0.3, -0.25) is 14.0 Å². The Morgan fingerprint density at radius 3 is 2.55 bits per heavy atom. The van der Waals surface area contributed by atoms with Crippen molar-refractivity contribution in [2.24, 2.45) is 0 Å². The zero-order valence-electron chi connectivity index (χ0n) is 16.8. The first-order valence-corrected chi connectivity index (χ1v) is 10.0. The number of aliphatic hydroxyl groups is 1. The van der Waals surface area contributed by atoms with Gasteiger partial charge in [-0.05, 0) is 18.2 Å². The predicted molar refractivity (Wildman–Crippen MR) is 112 cm³/mol. The van der Waals surface area contributed by atoms with Crippen LogP contribution in [0.2, 0.25) is 0 Å². The van der Waals surface area contributed by atoms with Gasteiger partial charge in [-0.25, -0.2) is 9.18 Å². The minimum absolute atomic E-state index is 0.0665. The van der Waals surface area contributed by atoms with E-state index in [9.17, 15) is 14.3 Å². The van der Waals surface area contributed by atoms with E-state index in [2.05, 4.69) is 10.1 Å². The molecule has 1 aliphatic rings. The normalized spacial score (nSPS) is 15.6. The van der Waals surface area contributed by atoms with Gasteiger partial charge < -0.3 is 10.0 Å². The Kier molecular flexibility index (Phi) is 6.11. The summed E-state index contributed by atoms with van der Waals surface area (Å²) in [6, 6.07) is 15.6. The number of rotatable bonds is 6. The van der Waals surface area contributed by atoms with Gasteiger partial charge in [0.1, 0.15) is 5.82 Å². The lowest BCUT2D eigenvalue weighted by molar-refractivity contribution is 0.0935. The van der Waals surface area contributed by atoms with Crippen LogP contribution in [0.3, 0.4) is 0 Å². The van der Waals surface area contributed by atoms with Crippen molar-refractivity contribution < 1.29 is 14.0 Å². The first-order chi connectivity index (χ1) is 15.0. The van der Waals surface area contributed by atoms with Crippen LogP contribution in [-0.2, 0) is 6.54 Å². The summed E-state index contributed by atoms with van der Waals surface area (Å²) in [5, 5.41) is 23.3. The molecule has 0 radical (unpaired) electrons. The third kappa shape index (κ3) is 4.66. The molecule has 1 saturated heterocycles. The summed E-state index contributed by atoms with van der Waals surface area (Å²) in [5.74, 6) is -0.641. The maximum absolute atomic E-state index is 14.3. The van der Waals surface area contributed by atoms with E-state index in [0.717, 1.165) is 5.56 Å². The molecule has 4 rings (SSSR count). The summed E-state index contributed by atoms with van der Waals surface area (Å²) < 4.78 is 20.4. The van der Waals surface area contributed by atoms with Crippen molar-refractivity contribution in [3.63, 3.8) is 0 Å². The average Bonchev–Trinajstić information content (AvgIpc) is 3.15. The van der Waals surface area contributed by atoms with Crippen LogP contribution in [0, 0.1) is 17.1 Å². The number of aromatic nitrogens is 2. The van der Waals surface area contributed by atoms with Crippen LogP contribution in [0.25, 0.3) is 11.4 Å². The van der Waals surface area contributed by atoms with Gasteiger partial charge in [0.2, 0.25) is 0 Å². The average molecular weight is 423 g/mol. The fourth-order valence-electron chi connectivity index (χ4n) is 3.79. The maximum atomic E-state index is 14.3. The Morgan fingerprint density at radius 1 is 1.13 bits per heavy atom. The monoisotopic (exact) mass is 423 g/mol. The highest BCUT2D eigenvalue weighted by Gasteiger charge is 2.23. The molecule has 1 aromatic heterocycles. The molecule has 2 heterocycles. The minimum atomic E-state index is -0.794. The first kappa shape index (κ1) is 20.8. The molecule has 1 aliphatic heterocycles. The number of aliphatic hydroxyl groups excluding tert-OH is 1. The number of anilines is 1. The highest BCUT2D eigenvalue weighted by atomic mass is 19.1. The van der Waals surface area contributed by atoms with Crippen LogP contribution in [0.15, 0.2) is 57.8 Å². The van der Waals surface area contributed by atoms with Crippen molar-refractivity contribution >= 4 is 5.69 Å². The van der Waals surface area contributed by atoms with Crippen LogP contribution >= 0.6 is 0 Å². The first-order valence-electron chi connectivity index (χ1n) is 10.0. The molecule has 8 nitrogen and oxygen atoms in total. The molecule has 1 atom stereocenters. The molecule has 3 aromatic rings. The summed E-state index contributed by atoms with van der Waals surface area (Å²) >= 11 is 0. The largest absolute Gasteiger partial charge is 0.441 e.